The zero-order chi connectivity index (χ0) is 26.2. The van der Waals surface area contributed by atoms with E-state index < -0.39 is 16.1 Å². The number of carbonyl (C=O) groups is 2. The minimum atomic E-state index is -3.51. The SMILES string of the molecule is Cc1cccc(CN(C(=O)CCCN(c2ccccc2C)S(C)(=O)=O)C(C)C(=O)NCC(C)C)c1. The van der Waals surface area contributed by atoms with Gasteiger partial charge < -0.3 is 10.2 Å². The van der Waals surface area contributed by atoms with Gasteiger partial charge in [-0.25, -0.2) is 8.42 Å². The molecule has 7 nitrogen and oxygen atoms in total. The fourth-order valence-corrected chi connectivity index (χ4v) is 4.89. The molecule has 0 aliphatic carbocycles. The first-order chi connectivity index (χ1) is 16.4. The standard InChI is InChI=1S/C27H39N3O4S/c1-20(2)18-28-27(32)23(5)29(19-24-13-9-11-21(3)17-24)26(31)15-10-16-30(35(6,33)34)25-14-8-7-12-22(25)4/h7-9,11-14,17,20,23H,10,15-16,18-19H2,1-6H3,(H,28,32). The topological polar surface area (TPSA) is 86.8 Å². The lowest BCUT2D eigenvalue weighted by molar-refractivity contribution is -0.140. The van der Waals surface area contributed by atoms with E-state index in [1.54, 1.807) is 24.0 Å². The predicted molar refractivity (Wildman–Crippen MR) is 142 cm³/mol. The summed E-state index contributed by atoms with van der Waals surface area (Å²) in [4.78, 5) is 27.7. The molecule has 0 aromatic heterocycles. The smallest absolute Gasteiger partial charge is 0.242 e. The highest BCUT2D eigenvalue weighted by Crippen LogP contribution is 2.23. The minimum absolute atomic E-state index is 0.130. The normalized spacial score (nSPS) is 12.3. The molecule has 0 bridgehead atoms. The molecule has 0 radical (unpaired) electrons. The zero-order valence-electron chi connectivity index (χ0n) is 21.7. The lowest BCUT2D eigenvalue weighted by Crippen LogP contribution is -2.48. The quantitative estimate of drug-likeness (QED) is 0.476. The highest BCUT2D eigenvalue weighted by atomic mass is 32.2. The molecule has 2 aromatic carbocycles. The summed E-state index contributed by atoms with van der Waals surface area (Å²) >= 11 is 0. The van der Waals surface area contributed by atoms with Gasteiger partial charge in [0, 0.05) is 26.1 Å². The van der Waals surface area contributed by atoms with Gasteiger partial charge in [0.25, 0.3) is 0 Å². The van der Waals surface area contributed by atoms with E-state index in [4.69, 9.17) is 0 Å². The van der Waals surface area contributed by atoms with Crippen LogP contribution < -0.4 is 9.62 Å². The largest absolute Gasteiger partial charge is 0.354 e. The lowest BCUT2D eigenvalue weighted by atomic mass is 10.1. The fraction of sp³-hybridized carbons (Fsp3) is 0.481. The van der Waals surface area contributed by atoms with Crippen molar-refractivity contribution in [2.24, 2.45) is 5.92 Å². The summed E-state index contributed by atoms with van der Waals surface area (Å²) in [7, 11) is -3.51. The number of nitrogens with one attached hydrogen (secondary N) is 1. The van der Waals surface area contributed by atoms with Crippen molar-refractivity contribution in [2.45, 2.75) is 60.0 Å². The van der Waals surface area contributed by atoms with Crippen molar-refractivity contribution in [1.82, 2.24) is 10.2 Å². The van der Waals surface area contributed by atoms with E-state index in [9.17, 15) is 18.0 Å². The molecule has 0 saturated heterocycles. The summed E-state index contributed by atoms with van der Waals surface area (Å²) in [5.74, 6) is -0.0789. The van der Waals surface area contributed by atoms with Crippen molar-refractivity contribution in [3.8, 4) is 0 Å². The third-order valence-corrected chi connectivity index (χ3v) is 7.00. The molecule has 1 atom stereocenters. The number of hydrogen-bond acceptors (Lipinski definition) is 4. The molecule has 0 aliphatic rings. The summed E-state index contributed by atoms with van der Waals surface area (Å²) in [5, 5.41) is 2.92. The minimum Gasteiger partial charge on any atom is -0.354 e. The second-order valence-corrected chi connectivity index (χ2v) is 11.5. The maximum Gasteiger partial charge on any atom is 0.242 e. The highest BCUT2D eigenvalue weighted by Gasteiger charge is 2.27. The average molecular weight is 502 g/mol. The van der Waals surface area contributed by atoms with Gasteiger partial charge in [0.2, 0.25) is 21.8 Å². The first-order valence-electron chi connectivity index (χ1n) is 12.1. The molecule has 2 amide bonds. The number of sulfonamides is 1. The first-order valence-corrected chi connectivity index (χ1v) is 13.9. The number of amides is 2. The van der Waals surface area contributed by atoms with Crippen LogP contribution in [0.1, 0.15) is 50.3 Å². The van der Waals surface area contributed by atoms with Gasteiger partial charge in [-0.15, -0.1) is 0 Å². The van der Waals surface area contributed by atoms with E-state index in [0.717, 1.165) is 16.7 Å². The summed E-state index contributed by atoms with van der Waals surface area (Å²) in [6, 6.07) is 14.5. The van der Waals surface area contributed by atoms with Crippen molar-refractivity contribution in [2.75, 3.05) is 23.7 Å². The Morgan fingerprint density at radius 3 is 2.29 bits per heavy atom. The molecular weight excluding hydrogens is 462 g/mol. The lowest BCUT2D eigenvalue weighted by Gasteiger charge is -2.30. The van der Waals surface area contributed by atoms with Crippen molar-refractivity contribution in [3.05, 3.63) is 65.2 Å². The van der Waals surface area contributed by atoms with Crippen LogP contribution in [0, 0.1) is 19.8 Å². The van der Waals surface area contributed by atoms with E-state index in [1.165, 1.54) is 10.6 Å². The maximum atomic E-state index is 13.3. The molecule has 0 spiro atoms. The van der Waals surface area contributed by atoms with Gasteiger partial charge in [0.1, 0.15) is 6.04 Å². The predicted octanol–water partition coefficient (Wildman–Crippen LogP) is 4.04. The van der Waals surface area contributed by atoms with E-state index in [1.807, 2.05) is 64.1 Å². The molecule has 8 heteroatoms. The van der Waals surface area contributed by atoms with E-state index >= 15 is 0 Å². The number of nitrogens with zero attached hydrogens (tertiary/aromatic N) is 2. The number of carbonyl (C=O) groups excluding carboxylic acids is 2. The van der Waals surface area contributed by atoms with Crippen molar-refractivity contribution in [1.29, 1.82) is 0 Å². The molecule has 0 saturated carbocycles. The second kappa shape index (κ2) is 12.7. The van der Waals surface area contributed by atoms with Crippen LogP contribution >= 0.6 is 0 Å². The molecular formula is C27H39N3O4S. The number of hydrogen-bond donors (Lipinski definition) is 1. The Morgan fingerprint density at radius 2 is 1.69 bits per heavy atom. The highest BCUT2D eigenvalue weighted by molar-refractivity contribution is 7.92. The van der Waals surface area contributed by atoms with Crippen molar-refractivity contribution in [3.63, 3.8) is 0 Å². The molecule has 192 valence electrons. The van der Waals surface area contributed by atoms with Crippen LogP contribution in [0.15, 0.2) is 48.5 Å². The van der Waals surface area contributed by atoms with Gasteiger partial charge in [-0.2, -0.15) is 0 Å². The molecule has 35 heavy (non-hydrogen) atoms. The zero-order valence-corrected chi connectivity index (χ0v) is 22.6. The third-order valence-electron chi connectivity index (χ3n) is 5.82. The number of anilines is 1. The molecule has 1 N–H and O–H groups in total. The van der Waals surface area contributed by atoms with E-state index in [0.29, 0.717) is 31.1 Å². The number of benzene rings is 2. The third kappa shape index (κ3) is 8.69. The van der Waals surface area contributed by atoms with Gasteiger partial charge in [0.15, 0.2) is 0 Å². The number of para-hydroxylation sites is 1. The van der Waals surface area contributed by atoms with Gasteiger partial charge in [-0.05, 0) is 50.3 Å². The summed E-state index contributed by atoms with van der Waals surface area (Å²) in [6.45, 7) is 10.6. The van der Waals surface area contributed by atoms with Gasteiger partial charge in [0.05, 0.1) is 11.9 Å². The Balaban J connectivity index is 2.17. The molecule has 0 heterocycles. The fourth-order valence-electron chi connectivity index (χ4n) is 3.87. The first kappa shape index (κ1) is 28.4. The maximum absolute atomic E-state index is 13.3. The Kier molecular flexibility index (Phi) is 10.3. The van der Waals surface area contributed by atoms with Crippen LogP contribution in [0.4, 0.5) is 5.69 Å². The van der Waals surface area contributed by atoms with Crippen LogP contribution in [-0.4, -0.2) is 50.5 Å². The van der Waals surface area contributed by atoms with Gasteiger partial charge >= 0.3 is 0 Å². The molecule has 0 fully saturated rings. The molecule has 1 unspecified atom stereocenters. The van der Waals surface area contributed by atoms with Crippen LogP contribution in [0.25, 0.3) is 0 Å². The Labute approximate surface area is 210 Å². The van der Waals surface area contributed by atoms with E-state index in [-0.39, 0.29) is 24.8 Å². The average Bonchev–Trinajstić information content (AvgIpc) is 2.78. The summed E-state index contributed by atoms with van der Waals surface area (Å²) in [6.07, 6.45) is 1.64. The number of aryl methyl sites for hydroxylation is 2. The Morgan fingerprint density at radius 1 is 1.00 bits per heavy atom. The monoisotopic (exact) mass is 501 g/mol. The Bertz CT molecular complexity index is 1110. The van der Waals surface area contributed by atoms with Crippen LogP contribution in [-0.2, 0) is 26.2 Å². The molecule has 2 aromatic rings. The van der Waals surface area contributed by atoms with Gasteiger partial charge in [-0.3, -0.25) is 13.9 Å². The second-order valence-electron chi connectivity index (χ2n) is 9.55. The van der Waals surface area contributed by atoms with Crippen LogP contribution in [0.5, 0.6) is 0 Å². The number of rotatable bonds is 12. The van der Waals surface area contributed by atoms with Crippen molar-refractivity contribution >= 4 is 27.5 Å². The molecule has 0 aliphatic heterocycles. The van der Waals surface area contributed by atoms with Crippen LogP contribution in [0.3, 0.4) is 0 Å². The van der Waals surface area contributed by atoms with Crippen molar-refractivity contribution < 1.29 is 18.0 Å². The van der Waals surface area contributed by atoms with E-state index in [2.05, 4.69) is 5.32 Å². The summed E-state index contributed by atoms with van der Waals surface area (Å²) < 4.78 is 26.3. The molecule has 2 rings (SSSR count). The summed E-state index contributed by atoms with van der Waals surface area (Å²) in [5.41, 5.74) is 3.48. The van der Waals surface area contributed by atoms with Crippen LogP contribution in [0.2, 0.25) is 0 Å². The Hall–Kier alpha value is -2.87. The van der Waals surface area contributed by atoms with Gasteiger partial charge in [-0.1, -0.05) is 61.9 Å².